The summed E-state index contributed by atoms with van der Waals surface area (Å²) in [4.78, 5) is 25.7. The van der Waals surface area contributed by atoms with Crippen molar-refractivity contribution in [2.75, 3.05) is 23.9 Å². The van der Waals surface area contributed by atoms with Crippen LogP contribution in [0.4, 0.5) is 5.00 Å². The normalized spacial score (nSPS) is 15.4. The van der Waals surface area contributed by atoms with E-state index in [1.807, 2.05) is 0 Å². The molecule has 156 valence electrons. The maximum absolute atomic E-state index is 12.6. The topological polar surface area (TPSA) is 124 Å². The van der Waals surface area contributed by atoms with Crippen molar-refractivity contribution in [2.24, 2.45) is 0 Å². The third kappa shape index (κ3) is 4.68. The van der Waals surface area contributed by atoms with Gasteiger partial charge in [0.2, 0.25) is 0 Å². The molecular formula is C18H19NO7S3. The van der Waals surface area contributed by atoms with Crippen molar-refractivity contribution in [3.63, 3.8) is 0 Å². The number of ether oxygens (including phenoxy) is 1. The van der Waals surface area contributed by atoms with E-state index in [4.69, 9.17) is 4.74 Å². The average molecular weight is 458 g/mol. The van der Waals surface area contributed by atoms with Crippen LogP contribution >= 0.6 is 11.3 Å². The third-order valence-corrected chi connectivity index (χ3v) is 8.37. The van der Waals surface area contributed by atoms with Gasteiger partial charge in [0.25, 0.3) is 5.91 Å². The molecule has 2 aromatic rings. The Balaban J connectivity index is 1.95. The van der Waals surface area contributed by atoms with Crippen molar-refractivity contribution in [1.29, 1.82) is 0 Å². The molecule has 1 aliphatic rings. The molecule has 11 heteroatoms. The molecule has 0 bridgehead atoms. The van der Waals surface area contributed by atoms with Crippen LogP contribution in [0.25, 0.3) is 0 Å². The molecular weight excluding hydrogens is 438 g/mol. The van der Waals surface area contributed by atoms with Crippen molar-refractivity contribution in [2.45, 2.75) is 24.0 Å². The predicted molar refractivity (Wildman–Crippen MR) is 109 cm³/mol. The Kier molecular flexibility index (Phi) is 5.84. The van der Waals surface area contributed by atoms with E-state index >= 15 is 0 Å². The van der Waals surface area contributed by atoms with Crippen LogP contribution in [0.1, 0.15) is 38.1 Å². The number of nitrogens with one attached hydrogen (secondary N) is 1. The van der Waals surface area contributed by atoms with Crippen LogP contribution in [-0.2, 0) is 36.6 Å². The smallest absolute Gasteiger partial charge is 0.341 e. The van der Waals surface area contributed by atoms with E-state index in [0.29, 0.717) is 10.4 Å². The molecule has 1 N–H and O–H groups in total. The summed E-state index contributed by atoms with van der Waals surface area (Å²) in [5, 5.41) is 2.87. The number of thiophene rings is 1. The quantitative estimate of drug-likeness (QED) is 0.682. The first kappa shape index (κ1) is 21.5. The molecule has 0 radical (unpaired) electrons. The molecule has 0 unspecified atom stereocenters. The van der Waals surface area contributed by atoms with Crippen LogP contribution in [0.15, 0.2) is 29.2 Å². The Labute approximate surface area is 172 Å². The Morgan fingerprint density at radius 3 is 2.45 bits per heavy atom. The maximum Gasteiger partial charge on any atom is 0.341 e. The molecule has 1 aromatic carbocycles. The summed E-state index contributed by atoms with van der Waals surface area (Å²) < 4.78 is 52.1. The van der Waals surface area contributed by atoms with Gasteiger partial charge < -0.3 is 10.1 Å². The fraction of sp³-hybridized carbons (Fsp3) is 0.333. The molecule has 0 saturated carbocycles. The van der Waals surface area contributed by atoms with Gasteiger partial charge in [-0.15, -0.1) is 11.3 Å². The lowest BCUT2D eigenvalue weighted by atomic mass is 10.1. The van der Waals surface area contributed by atoms with Gasteiger partial charge >= 0.3 is 5.97 Å². The lowest BCUT2D eigenvalue weighted by Crippen LogP contribution is -2.20. The highest BCUT2D eigenvalue weighted by Crippen LogP contribution is 2.38. The number of carbonyl (C=O) groups excluding carboxylic acids is 2. The monoisotopic (exact) mass is 457 g/mol. The highest BCUT2D eigenvalue weighted by Gasteiger charge is 2.32. The summed E-state index contributed by atoms with van der Waals surface area (Å²) >= 11 is 1.04. The molecule has 2 heterocycles. The number of benzene rings is 1. The highest BCUT2D eigenvalue weighted by atomic mass is 32.2. The largest absolute Gasteiger partial charge is 0.462 e. The number of rotatable bonds is 5. The first-order chi connectivity index (χ1) is 13.5. The van der Waals surface area contributed by atoms with Gasteiger partial charge in [0, 0.05) is 16.7 Å². The summed E-state index contributed by atoms with van der Waals surface area (Å²) in [6.45, 7) is 1.80. The summed E-state index contributed by atoms with van der Waals surface area (Å²) in [6, 6.07) is 5.38. The molecule has 0 fully saturated rings. The average Bonchev–Trinajstić information content (AvgIpc) is 2.96. The van der Waals surface area contributed by atoms with Crippen LogP contribution in [0.2, 0.25) is 0 Å². The molecule has 0 atom stereocenters. The van der Waals surface area contributed by atoms with Gasteiger partial charge in [0.15, 0.2) is 19.7 Å². The SMILES string of the molecule is CCOC(=O)c1c(NC(=O)c2ccc(S(C)(=O)=O)cc2)sc2c1CCS(=O)(=O)C2. The van der Waals surface area contributed by atoms with Crippen molar-refractivity contribution >= 4 is 47.9 Å². The zero-order valence-corrected chi connectivity index (χ0v) is 18.2. The minimum absolute atomic E-state index is 0.0660. The summed E-state index contributed by atoms with van der Waals surface area (Å²) in [6.07, 6.45) is 1.25. The Hall–Kier alpha value is -2.24. The number of anilines is 1. The second-order valence-corrected chi connectivity index (χ2v) is 11.8. The second kappa shape index (κ2) is 7.88. The molecule has 1 amide bonds. The van der Waals surface area contributed by atoms with Crippen molar-refractivity contribution in [3.05, 3.63) is 45.8 Å². The van der Waals surface area contributed by atoms with E-state index in [0.717, 1.165) is 17.6 Å². The van der Waals surface area contributed by atoms with E-state index < -0.39 is 31.6 Å². The van der Waals surface area contributed by atoms with E-state index in [1.54, 1.807) is 6.92 Å². The number of fused-ring (bicyclic) bond motifs is 1. The van der Waals surface area contributed by atoms with Gasteiger partial charge in [0.1, 0.15) is 5.00 Å². The van der Waals surface area contributed by atoms with Gasteiger partial charge in [-0.05, 0) is 43.2 Å². The molecule has 8 nitrogen and oxygen atoms in total. The molecule has 0 spiro atoms. The lowest BCUT2D eigenvalue weighted by Gasteiger charge is -2.13. The Bertz CT molecular complexity index is 1180. The number of esters is 1. The van der Waals surface area contributed by atoms with Crippen LogP contribution < -0.4 is 5.32 Å². The number of sulfone groups is 2. The fourth-order valence-electron chi connectivity index (χ4n) is 2.96. The van der Waals surface area contributed by atoms with Gasteiger partial charge in [0.05, 0.1) is 28.6 Å². The van der Waals surface area contributed by atoms with Crippen LogP contribution in [0.5, 0.6) is 0 Å². The van der Waals surface area contributed by atoms with E-state index in [2.05, 4.69) is 5.32 Å². The van der Waals surface area contributed by atoms with Gasteiger partial charge in [-0.3, -0.25) is 4.79 Å². The van der Waals surface area contributed by atoms with Crippen molar-refractivity contribution < 1.29 is 31.2 Å². The first-order valence-electron chi connectivity index (χ1n) is 8.65. The summed E-state index contributed by atoms with van der Waals surface area (Å²) in [5.41, 5.74) is 0.972. The van der Waals surface area contributed by atoms with Gasteiger partial charge in [-0.1, -0.05) is 0 Å². The van der Waals surface area contributed by atoms with Gasteiger partial charge in [-0.2, -0.15) is 0 Å². The second-order valence-electron chi connectivity index (χ2n) is 6.52. The summed E-state index contributed by atoms with van der Waals surface area (Å²) in [5.74, 6) is -1.41. The predicted octanol–water partition coefficient (Wildman–Crippen LogP) is 2.05. The van der Waals surface area contributed by atoms with Crippen LogP contribution in [0.3, 0.4) is 0 Å². The molecule has 3 rings (SSSR count). The van der Waals surface area contributed by atoms with Crippen molar-refractivity contribution in [1.82, 2.24) is 0 Å². The molecule has 0 saturated heterocycles. The molecule has 29 heavy (non-hydrogen) atoms. The van der Waals surface area contributed by atoms with Crippen LogP contribution in [-0.4, -0.2) is 47.3 Å². The first-order valence-corrected chi connectivity index (χ1v) is 13.2. The van der Waals surface area contributed by atoms with Crippen molar-refractivity contribution in [3.8, 4) is 0 Å². The highest BCUT2D eigenvalue weighted by molar-refractivity contribution is 7.91. The third-order valence-electron chi connectivity index (χ3n) is 4.36. The number of hydrogen-bond donors (Lipinski definition) is 1. The Morgan fingerprint density at radius 1 is 1.21 bits per heavy atom. The fourth-order valence-corrected chi connectivity index (χ4v) is 6.62. The standard InChI is InChI=1S/C18H19NO7S3/c1-3-26-18(21)15-13-8-9-29(24,25)10-14(13)27-17(15)19-16(20)11-4-6-12(7-5-11)28(2,22)23/h4-7H,3,8-10H2,1-2H3,(H,19,20). The van der Waals surface area contributed by atoms with E-state index in [1.165, 1.54) is 24.3 Å². The molecule has 0 aliphatic carbocycles. The van der Waals surface area contributed by atoms with Crippen LogP contribution in [0, 0.1) is 0 Å². The molecule has 1 aromatic heterocycles. The number of amides is 1. The number of hydrogen-bond acceptors (Lipinski definition) is 8. The summed E-state index contributed by atoms with van der Waals surface area (Å²) in [7, 11) is -6.64. The molecule has 1 aliphatic heterocycles. The minimum Gasteiger partial charge on any atom is -0.462 e. The number of carbonyl (C=O) groups is 2. The minimum atomic E-state index is -3.39. The van der Waals surface area contributed by atoms with E-state index in [-0.39, 0.29) is 45.6 Å². The zero-order chi connectivity index (χ0) is 21.4. The van der Waals surface area contributed by atoms with E-state index in [9.17, 15) is 26.4 Å². The Morgan fingerprint density at radius 2 is 1.86 bits per heavy atom. The van der Waals surface area contributed by atoms with Gasteiger partial charge in [-0.25, -0.2) is 21.6 Å². The maximum atomic E-state index is 12.6. The lowest BCUT2D eigenvalue weighted by molar-refractivity contribution is 0.0526. The zero-order valence-electron chi connectivity index (χ0n) is 15.7.